The number of aryl methyl sites for hydroxylation is 2. The third-order valence-corrected chi connectivity index (χ3v) is 3.86. The molecule has 0 radical (unpaired) electrons. The normalized spacial score (nSPS) is 30.9. The highest BCUT2D eigenvalue weighted by Crippen LogP contribution is 2.62. The highest BCUT2D eigenvalue weighted by molar-refractivity contribution is 5.78. The van der Waals surface area contributed by atoms with Gasteiger partial charge >= 0.3 is 5.97 Å². The van der Waals surface area contributed by atoms with Crippen LogP contribution in [0.2, 0.25) is 0 Å². The Balaban J connectivity index is 2.06. The van der Waals surface area contributed by atoms with Gasteiger partial charge in [0.15, 0.2) is 0 Å². The molecule has 2 aliphatic carbocycles. The number of rotatable bonds is 1. The van der Waals surface area contributed by atoms with Crippen molar-refractivity contribution in [1.29, 1.82) is 0 Å². The average molecular weight is 202 g/mol. The number of hydrogen-bond acceptors (Lipinski definition) is 1. The van der Waals surface area contributed by atoms with Crippen LogP contribution in [0.5, 0.6) is 0 Å². The van der Waals surface area contributed by atoms with Gasteiger partial charge in [-0.15, -0.1) is 0 Å². The lowest BCUT2D eigenvalue weighted by atomic mass is 9.95. The van der Waals surface area contributed by atoms with E-state index in [-0.39, 0.29) is 5.92 Å². The van der Waals surface area contributed by atoms with Crippen LogP contribution in [0, 0.1) is 25.7 Å². The van der Waals surface area contributed by atoms with E-state index in [1.54, 1.807) is 0 Å². The van der Waals surface area contributed by atoms with E-state index in [0.29, 0.717) is 11.8 Å². The molecular formula is C13H14O2. The first-order valence-corrected chi connectivity index (χ1v) is 5.42. The van der Waals surface area contributed by atoms with E-state index >= 15 is 0 Å². The molecule has 1 fully saturated rings. The van der Waals surface area contributed by atoms with Crippen molar-refractivity contribution in [3.63, 3.8) is 0 Å². The average Bonchev–Trinajstić information content (AvgIpc) is 2.67. The van der Waals surface area contributed by atoms with Crippen LogP contribution in [-0.4, -0.2) is 11.1 Å². The third kappa shape index (κ3) is 1.08. The van der Waals surface area contributed by atoms with Gasteiger partial charge in [0, 0.05) is 5.92 Å². The molecule has 0 aromatic heterocycles. The van der Waals surface area contributed by atoms with Crippen LogP contribution < -0.4 is 0 Å². The molecule has 1 aromatic carbocycles. The molecule has 2 aliphatic rings. The molecule has 0 amide bonds. The molecule has 1 N–H and O–H groups in total. The minimum atomic E-state index is -0.615. The molecule has 0 saturated heterocycles. The molecule has 2 nitrogen and oxygen atoms in total. The molecule has 0 unspecified atom stereocenters. The Morgan fingerprint density at radius 2 is 2.13 bits per heavy atom. The number of carboxylic acids is 1. The van der Waals surface area contributed by atoms with E-state index in [1.807, 2.05) is 0 Å². The van der Waals surface area contributed by atoms with Gasteiger partial charge in [0.2, 0.25) is 0 Å². The predicted molar refractivity (Wildman–Crippen MR) is 57.0 cm³/mol. The van der Waals surface area contributed by atoms with Crippen LogP contribution in [0.3, 0.4) is 0 Å². The molecular weight excluding hydrogens is 188 g/mol. The summed E-state index contributed by atoms with van der Waals surface area (Å²) in [6, 6.07) is 4.38. The van der Waals surface area contributed by atoms with Crippen molar-refractivity contribution in [2.45, 2.75) is 26.2 Å². The molecule has 3 rings (SSSR count). The fourth-order valence-electron chi connectivity index (χ4n) is 3.32. The molecule has 1 saturated carbocycles. The molecule has 0 spiro atoms. The smallest absolute Gasteiger partial charge is 0.307 e. The number of fused-ring (bicyclic) bond motifs is 3. The van der Waals surface area contributed by atoms with Crippen molar-refractivity contribution in [1.82, 2.24) is 0 Å². The summed E-state index contributed by atoms with van der Waals surface area (Å²) in [4.78, 5) is 11.0. The minimum Gasteiger partial charge on any atom is -0.481 e. The lowest BCUT2D eigenvalue weighted by Crippen LogP contribution is -2.06. The summed E-state index contributed by atoms with van der Waals surface area (Å²) in [5, 5.41) is 9.03. The quantitative estimate of drug-likeness (QED) is 0.758. The second kappa shape index (κ2) is 2.63. The van der Waals surface area contributed by atoms with Gasteiger partial charge in [-0.2, -0.15) is 0 Å². The van der Waals surface area contributed by atoms with Gasteiger partial charge in [-0.05, 0) is 42.9 Å². The fraction of sp³-hybridized carbons (Fsp3) is 0.462. The number of carbonyl (C=O) groups is 1. The van der Waals surface area contributed by atoms with Crippen LogP contribution in [-0.2, 0) is 11.2 Å². The summed E-state index contributed by atoms with van der Waals surface area (Å²) in [5.74, 6) is -0.00867. The standard InChI is InChI=1S/C13H14O2/c1-6-3-7(2)10-8(4-6)5-9-11(10)12(9)13(14)15/h3-4,9,11-12H,5H2,1-2H3,(H,14,15)/t9-,11-,12-/m0/s1. The predicted octanol–water partition coefficient (Wildman–Crippen LogP) is 2.27. The van der Waals surface area contributed by atoms with Crippen molar-refractivity contribution in [2.24, 2.45) is 11.8 Å². The van der Waals surface area contributed by atoms with Crippen LogP contribution >= 0.6 is 0 Å². The van der Waals surface area contributed by atoms with Crippen molar-refractivity contribution in [3.05, 3.63) is 34.4 Å². The third-order valence-electron chi connectivity index (χ3n) is 3.86. The Labute approximate surface area is 88.9 Å². The summed E-state index contributed by atoms with van der Waals surface area (Å²) < 4.78 is 0. The first-order valence-electron chi connectivity index (χ1n) is 5.42. The molecule has 78 valence electrons. The zero-order chi connectivity index (χ0) is 10.7. The van der Waals surface area contributed by atoms with E-state index < -0.39 is 5.97 Å². The molecule has 0 heterocycles. The second-order valence-electron chi connectivity index (χ2n) is 4.91. The number of carboxylic acid groups (broad SMARTS) is 1. The summed E-state index contributed by atoms with van der Waals surface area (Å²) in [7, 11) is 0. The van der Waals surface area contributed by atoms with E-state index in [2.05, 4.69) is 26.0 Å². The Hall–Kier alpha value is -1.31. The highest BCUT2D eigenvalue weighted by Gasteiger charge is 2.60. The first kappa shape index (κ1) is 8.96. The first-order chi connectivity index (χ1) is 7.09. The Kier molecular flexibility index (Phi) is 1.57. The SMILES string of the molecule is Cc1cc(C)c2c(c1)C[C@@H]1[C@H](C(=O)O)[C@H]21. The maximum absolute atomic E-state index is 11.0. The zero-order valence-corrected chi connectivity index (χ0v) is 8.95. The van der Waals surface area contributed by atoms with Crippen molar-refractivity contribution in [3.8, 4) is 0 Å². The maximum atomic E-state index is 11.0. The number of hydrogen-bond donors (Lipinski definition) is 1. The topological polar surface area (TPSA) is 37.3 Å². The van der Waals surface area contributed by atoms with E-state index in [0.717, 1.165) is 6.42 Å². The van der Waals surface area contributed by atoms with Crippen LogP contribution in [0.1, 0.15) is 28.2 Å². The Bertz CT molecular complexity index is 462. The summed E-state index contributed by atoms with van der Waals surface area (Å²) in [5.41, 5.74) is 5.29. The van der Waals surface area contributed by atoms with E-state index in [4.69, 9.17) is 5.11 Å². The Morgan fingerprint density at radius 3 is 2.80 bits per heavy atom. The van der Waals surface area contributed by atoms with Gasteiger partial charge in [0.05, 0.1) is 5.92 Å². The summed E-state index contributed by atoms with van der Waals surface area (Å²) >= 11 is 0. The van der Waals surface area contributed by atoms with E-state index in [1.165, 1.54) is 22.3 Å². The number of aliphatic carboxylic acids is 1. The largest absolute Gasteiger partial charge is 0.481 e. The summed E-state index contributed by atoms with van der Waals surface area (Å²) in [6.07, 6.45) is 0.972. The lowest BCUT2D eigenvalue weighted by molar-refractivity contribution is -0.139. The monoisotopic (exact) mass is 202 g/mol. The molecule has 2 heteroatoms. The Morgan fingerprint density at radius 1 is 1.40 bits per heavy atom. The van der Waals surface area contributed by atoms with Gasteiger partial charge in [-0.1, -0.05) is 17.7 Å². The zero-order valence-electron chi connectivity index (χ0n) is 8.95. The minimum absolute atomic E-state index is 0.0982. The van der Waals surface area contributed by atoms with Gasteiger partial charge < -0.3 is 5.11 Å². The second-order valence-corrected chi connectivity index (χ2v) is 4.91. The molecule has 1 aromatic rings. The van der Waals surface area contributed by atoms with Crippen molar-refractivity contribution in [2.75, 3.05) is 0 Å². The van der Waals surface area contributed by atoms with Crippen LogP contribution in [0.4, 0.5) is 0 Å². The molecule has 0 bridgehead atoms. The molecule has 15 heavy (non-hydrogen) atoms. The summed E-state index contributed by atoms with van der Waals surface area (Å²) in [6.45, 7) is 4.21. The highest BCUT2D eigenvalue weighted by atomic mass is 16.4. The van der Waals surface area contributed by atoms with Crippen molar-refractivity contribution < 1.29 is 9.90 Å². The van der Waals surface area contributed by atoms with Gasteiger partial charge in [-0.25, -0.2) is 0 Å². The van der Waals surface area contributed by atoms with Crippen molar-refractivity contribution >= 4 is 5.97 Å². The van der Waals surface area contributed by atoms with Gasteiger partial charge in [-0.3, -0.25) is 4.79 Å². The maximum Gasteiger partial charge on any atom is 0.307 e. The van der Waals surface area contributed by atoms with Crippen LogP contribution in [0.25, 0.3) is 0 Å². The van der Waals surface area contributed by atoms with E-state index in [9.17, 15) is 4.79 Å². The molecule has 0 aliphatic heterocycles. The number of benzene rings is 1. The molecule has 3 atom stereocenters. The fourth-order valence-corrected chi connectivity index (χ4v) is 3.32. The van der Waals surface area contributed by atoms with Crippen LogP contribution in [0.15, 0.2) is 12.1 Å². The van der Waals surface area contributed by atoms with Gasteiger partial charge in [0.25, 0.3) is 0 Å². The van der Waals surface area contributed by atoms with Gasteiger partial charge in [0.1, 0.15) is 0 Å². The lowest BCUT2D eigenvalue weighted by Gasteiger charge is -2.10.